The van der Waals surface area contributed by atoms with Gasteiger partial charge in [0.2, 0.25) is 11.8 Å². The largest absolute Gasteiger partial charge is 0.452 e. The molecule has 1 saturated heterocycles. The lowest BCUT2D eigenvalue weighted by Gasteiger charge is -2.50. The predicted octanol–water partition coefficient (Wildman–Crippen LogP) is 6.38. The number of esters is 1. The van der Waals surface area contributed by atoms with Crippen LogP contribution in [0.25, 0.3) is 0 Å². The average molecular weight is 706 g/mol. The van der Waals surface area contributed by atoms with Gasteiger partial charge in [-0.15, -0.1) is 23.5 Å². The Balaban J connectivity index is 1.30. The summed E-state index contributed by atoms with van der Waals surface area (Å²) in [5.41, 5.74) is 2.06. The van der Waals surface area contributed by atoms with E-state index in [1.807, 2.05) is 60.7 Å². The molecule has 0 radical (unpaired) electrons. The van der Waals surface area contributed by atoms with Crippen LogP contribution in [-0.4, -0.2) is 50.2 Å². The highest BCUT2D eigenvalue weighted by Gasteiger charge is 2.53. The number of benzene rings is 3. The van der Waals surface area contributed by atoms with Crippen LogP contribution in [-0.2, 0) is 23.9 Å². The number of halogens is 3. The highest BCUT2D eigenvalue weighted by molar-refractivity contribution is 9.10. The van der Waals surface area contributed by atoms with Crippen molar-refractivity contribution in [1.29, 1.82) is 0 Å². The molecule has 3 atom stereocenters. The highest BCUT2D eigenvalue weighted by atomic mass is 79.9. The van der Waals surface area contributed by atoms with E-state index in [2.05, 4.69) is 21.2 Å². The number of carbonyl (C=O) groups is 4. The van der Waals surface area contributed by atoms with Crippen molar-refractivity contribution in [2.45, 2.75) is 32.9 Å². The van der Waals surface area contributed by atoms with Crippen LogP contribution in [0.15, 0.2) is 95.2 Å². The zero-order valence-corrected chi connectivity index (χ0v) is 26.5. The second kappa shape index (κ2) is 13.7. The molecule has 3 aromatic rings. The van der Waals surface area contributed by atoms with Crippen LogP contribution in [0.3, 0.4) is 0 Å². The number of alkyl halides is 1. The number of thioether (sulfide) groups is 2. The van der Waals surface area contributed by atoms with E-state index in [0.717, 1.165) is 16.0 Å². The van der Waals surface area contributed by atoms with E-state index < -0.39 is 34.5 Å². The summed E-state index contributed by atoms with van der Waals surface area (Å²) in [5, 5.41) is 2.80. The molecular weight excluding hydrogens is 683 g/mol. The minimum absolute atomic E-state index is 0.212. The van der Waals surface area contributed by atoms with Crippen LogP contribution in [0.1, 0.15) is 23.7 Å². The number of hydrogen-bond acceptors (Lipinski definition) is 7. The Bertz CT molecular complexity index is 1500. The van der Waals surface area contributed by atoms with Crippen LogP contribution < -0.4 is 5.32 Å². The molecule has 0 bridgehead atoms. The molecule has 2 aliphatic heterocycles. The maximum Gasteiger partial charge on any atom is 0.316 e. The topological polar surface area (TPSA) is 92.8 Å². The normalized spacial score (nSPS) is 18.7. The Kier molecular flexibility index (Phi) is 10.0. The van der Waals surface area contributed by atoms with Crippen molar-refractivity contribution in [2.75, 3.05) is 5.75 Å². The summed E-state index contributed by atoms with van der Waals surface area (Å²) in [6, 6.07) is 23.7. The van der Waals surface area contributed by atoms with Gasteiger partial charge in [0.25, 0.3) is 0 Å². The minimum atomic E-state index is -0.733. The molecule has 0 aromatic heterocycles. The van der Waals surface area contributed by atoms with Gasteiger partial charge in [0, 0.05) is 16.2 Å². The number of hydrogen-bond donors (Lipinski definition) is 1. The molecule has 42 heavy (non-hydrogen) atoms. The number of rotatable bonds is 10. The molecular formula is C30H23BrCl2N2O5S2. The lowest BCUT2D eigenvalue weighted by atomic mass is 10.0. The Morgan fingerprint density at radius 1 is 1.05 bits per heavy atom. The van der Waals surface area contributed by atoms with E-state index in [1.54, 1.807) is 18.2 Å². The van der Waals surface area contributed by atoms with Crippen LogP contribution in [0.4, 0.5) is 0 Å². The third-order valence-electron chi connectivity index (χ3n) is 6.57. The number of β-lactam (4-membered cyclic amide) rings is 1. The van der Waals surface area contributed by atoms with Gasteiger partial charge >= 0.3 is 5.97 Å². The number of fused-ring (bicyclic) bond motifs is 1. The molecule has 0 aliphatic carbocycles. The molecule has 0 saturated carbocycles. The molecule has 1 N–H and O–H groups in total. The van der Waals surface area contributed by atoms with Gasteiger partial charge in [0.1, 0.15) is 29.2 Å². The molecule has 5 rings (SSSR count). The summed E-state index contributed by atoms with van der Waals surface area (Å²) in [6.45, 7) is 0. The molecule has 2 amide bonds. The third-order valence-corrected chi connectivity index (χ3v) is 10.8. The van der Waals surface area contributed by atoms with E-state index in [-0.39, 0.29) is 17.1 Å². The molecule has 12 heteroatoms. The zero-order valence-electron chi connectivity index (χ0n) is 21.7. The molecule has 2 aliphatic rings. The molecule has 2 heterocycles. The average Bonchev–Trinajstić information content (AvgIpc) is 3.00. The van der Waals surface area contributed by atoms with Gasteiger partial charge in [0.05, 0.1) is 14.9 Å². The first kappa shape index (κ1) is 30.7. The first-order chi connectivity index (χ1) is 20.3. The minimum Gasteiger partial charge on any atom is -0.452 e. The lowest BCUT2D eigenvalue weighted by Crippen LogP contribution is -2.65. The van der Waals surface area contributed by atoms with E-state index in [0.29, 0.717) is 27.7 Å². The lowest BCUT2D eigenvalue weighted by molar-refractivity contribution is -0.149. The smallest absolute Gasteiger partial charge is 0.316 e. The third kappa shape index (κ3) is 6.73. The van der Waals surface area contributed by atoms with Crippen molar-refractivity contribution in [1.82, 2.24) is 10.2 Å². The fourth-order valence-corrected chi connectivity index (χ4v) is 8.29. The fourth-order valence-electron chi connectivity index (χ4n) is 4.54. The van der Waals surface area contributed by atoms with E-state index in [9.17, 15) is 19.2 Å². The van der Waals surface area contributed by atoms with Crippen LogP contribution >= 0.6 is 62.7 Å². The summed E-state index contributed by atoms with van der Waals surface area (Å²) in [4.78, 5) is 52.6. The quantitative estimate of drug-likeness (QED) is 0.0861. The number of carbonyl (C=O) groups excluding carboxylic acids is 4. The summed E-state index contributed by atoms with van der Waals surface area (Å²) >= 11 is 18.3. The van der Waals surface area contributed by atoms with Crippen molar-refractivity contribution in [3.63, 3.8) is 0 Å². The summed E-state index contributed by atoms with van der Waals surface area (Å²) < 4.78 is 5.77. The Hall–Kier alpha value is -2.76. The molecule has 216 valence electrons. The monoisotopic (exact) mass is 704 g/mol. The molecule has 3 aromatic carbocycles. The van der Waals surface area contributed by atoms with Crippen LogP contribution in [0.2, 0.25) is 10.0 Å². The maximum atomic E-state index is 13.3. The number of aldehydes is 1. The van der Waals surface area contributed by atoms with Gasteiger partial charge in [-0.3, -0.25) is 19.3 Å². The number of ether oxygens (including phenoxy) is 1. The molecule has 7 nitrogen and oxygen atoms in total. The second-order valence-corrected chi connectivity index (χ2v) is 13.5. The molecule has 3 unspecified atom stereocenters. The zero-order chi connectivity index (χ0) is 29.8. The predicted molar refractivity (Wildman–Crippen MR) is 169 cm³/mol. The Morgan fingerprint density at radius 3 is 2.29 bits per heavy atom. The van der Waals surface area contributed by atoms with Gasteiger partial charge in [-0.1, -0.05) is 99.8 Å². The summed E-state index contributed by atoms with van der Waals surface area (Å²) in [6.07, 6.45) is -0.592. The van der Waals surface area contributed by atoms with E-state index in [1.165, 1.54) is 28.4 Å². The van der Waals surface area contributed by atoms with Gasteiger partial charge in [0.15, 0.2) is 6.10 Å². The SMILES string of the molecule is O=CC(Br)C1=C(NC(=O)CC(=O)OC(c2ccccc2)c2ccccc2)N2C(=O)C(Sc3ccc(Cl)c(Cl)c3)C2SC1. The van der Waals surface area contributed by atoms with Gasteiger partial charge in [-0.25, -0.2) is 0 Å². The van der Waals surface area contributed by atoms with Crippen LogP contribution in [0.5, 0.6) is 0 Å². The van der Waals surface area contributed by atoms with Crippen molar-refractivity contribution in [2.24, 2.45) is 0 Å². The fraction of sp³-hybridized carbons (Fsp3) is 0.200. The first-order valence-corrected chi connectivity index (χ1v) is 16.3. The van der Waals surface area contributed by atoms with Crippen molar-refractivity contribution in [3.8, 4) is 0 Å². The van der Waals surface area contributed by atoms with Crippen molar-refractivity contribution < 1.29 is 23.9 Å². The Morgan fingerprint density at radius 2 is 1.69 bits per heavy atom. The van der Waals surface area contributed by atoms with Crippen molar-refractivity contribution in [3.05, 3.63) is 111 Å². The number of amides is 2. The summed E-state index contributed by atoms with van der Waals surface area (Å²) in [5.74, 6) is -1.02. The number of nitrogens with zero attached hydrogens (tertiary/aromatic N) is 1. The maximum absolute atomic E-state index is 13.3. The van der Waals surface area contributed by atoms with E-state index in [4.69, 9.17) is 27.9 Å². The highest BCUT2D eigenvalue weighted by Crippen LogP contribution is 2.47. The molecule has 1 fully saturated rings. The van der Waals surface area contributed by atoms with Crippen molar-refractivity contribution >= 4 is 86.7 Å². The van der Waals surface area contributed by atoms with Gasteiger partial charge in [-0.2, -0.15) is 0 Å². The van der Waals surface area contributed by atoms with Gasteiger partial charge < -0.3 is 14.8 Å². The molecule has 0 spiro atoms. The van der Waals surface area contributed by atoms with E-state index >= 15 is 0 Å². The first-order valence-electron chi connectivity index (χ1n) is 12.7. The summed E-state index contributed by atoms with van der Waals surface area (Å²) in [7, 11) is 0. The second-order valence-electron chi connectivity index (χ2n) is 9.35. The standard InChI is InChI=1S/C30H23BrCl2N2O5S2/c31-21(15-36)20-16-41-30-27(42-19-11-12-22(32)23(33)13-19)29(39)35(30)28(20)34-24(37)14-25(38)40-26(17-7-3-1-4-8-17)18-9-5-2-6-10-18/h1-13,15,21,26-27,30H,14,16H2,(H,34,37). The number of nitrogens with one attached hydrogen (secondary N) is 1. The Labute approximate surface area is 269 Å². The van der Waals surface area contributed by atoms with Gasteiger partial charge in [-0.05, 0) is 29.3 Å². The van der Waals surface area contributed by atoms with Crippen LogP contribution in [0, 0.1) is 0 Å².